The molecule has 0 spiro atoms. The van der Waals surface area contributed by atoms with E-state index in [-0.39, 0.29) is 0 Å². The van der Waals surface area contributed by atoms with E-state index in [1.54, 1.807) is 0 Å². The Labute approximate surface area is 86.8 Å². The molecule has 0 saturated carbocycles. The lowest BCUT2D eigenvalue weighted by atomic mass is 9.99. The molecule has 72 valence electrons. The fraction of sp³-hybridized carbons (Fsp3) is 0.500. The van der Waals surface area contributed by atoms with Gasteiger partial charge in [0.25, 0.3) is 0 Å². The number of hydrogen-bond donors (Lipinski definition) is 1. The summed E-state index contributed by atoms with van der Waals surface area (Å²) in [6, 6.07) is 8.88. The molecule has 0 fully saturated rings. The van der Waals surface area contributed by atoms with Gasteiger partial charge >= 0.3 is 0 Å². The summed E-state index contributed by atoms with van der Waals surface area (Å²) >= 11 is 4.22. The number of benzene rings is 1. The molecule has 0 radical (unpaired) electrons. The second-order valence-corrected chi connectivity index (χ2v) is 4.17. The quantitative estimate of drug-likeness (QED) is 0.695. The van der Waals surface area contributed by atoms with Crippen molar-refractivity contribution < 1.29 is 0 Å². The molecule has 0 heterocycles. The van der Waals surface area contributed by atoms with Crippen molar-refractivity contribution >= 4 is 12.6 Å². The maximum atomic E-state index is 4.22. The van der Waals surface area contributed by atoms with Gasteiger partial charge in [-0.05, 0) is 35.6 Å². The average molecular weight is 194 g/mol. The smallest absolute Gasteiger partial charge is 0.00947 e. The van der Waals surface area contributed by atoms with Crippen LogP contribution in [0.5, 0.6) is 0 Å². The summed E-state index contributed by atoms with van der Waals surface area (Å²) in [7, 11) is 0. The molecule has 1 aromatic carbocycles. The predicted molar refractivity (Wildman–Crippen MR) is 62.7 cm³/mol. The van der Waals surface area contributed by atoms with Crippen molar-refractivity contribution in [2.24, 2.45) is 0 Å². The van der Waals surface area contributed by atoms with Crippen LogP contribution >= 0.6 is 12.6 Å². The topological polar surface area (TPSA) is 0 Å². The minimum absolute atomic E-state index is 0.635. The Bertz CT molecular complexity index is 253. The molecule has 0 saturated heterocycles. The van der Waals surface area contributed by atoms with Gasteiger partial charge in [-0.25, -0.2) is 0 Å². The van der Waals surface area contributed by atoms with Crippen molar-refractivity contribution in [3.05, 3.63) is 35.4 Å². The average Bonchev–Trinajstić information content (AvgIpc) is 2.15. The van der Waals surface area contributed by atoms with Gasteiger partial charge < -0.3 is 0 Å². The Morgan fingerprint density at radius 1 is 1.31 bits per heavy atom. The largest absolute Gasteiger partial charge is 0.179 e. The summed E-state index contributed by atoms with van der Waals surface area (Å²) in [6.07, 6.45) is 2.33. The zero-order valence-electron chi connectivity index (χ0n) is 8.46. The van der Waals surface area contributed by atoms with Crippen LogP contribution < -0.4 is 0 Å². The van der Waals surface area contributed by atoms with Gasteiger partial charge in [-0.3, -0.25) is 0 Å². The molecule has 0 atom stereocenters. The van der Waals surface area contributed by atoms with Crippen LogP contribution in [0.4, 0.5) is 0 Å². The summed E-state index contributed by atoms with van der Waals surface area (Å²) in [5.41, 5.74) is 2.89. The maximum absolute atomic E-state index is 4.22. The summed E-state index contributed by atoms with van der Waals surface area (Å²) < 4.78 is 0. The van der Waals surface area contributed by atoms with Gasteiger partial charge in [0.05, 0.1) is 0 Å². The summed E-state index contributed by atoms with van der Waals surface area (Å²) in [6.45, 7) is 4.47. The minimum atomic E-state index is 0.635. The molecule has 0 aliphatic rings. The standard InChI is InChI=1S/C12H18S/c1-10(2)12-7-3-5-11(9-12)6-4-8-13/h3,5,7,9-10,13H,4,6,8H2,1-2H3. The molecular formula is C12H18S. The van der Waals surface area contributed by atoms with Gasteiger partial charge in [0, 0.05) is 0 Å². The van der Waals surface area contributed by atoms with E-state index < -0.39 is 0 Å². The first-order valence-electron chi connectivity index (χ1n) is 4.93. The van der Waals surface area contributed by atoms with Crippen molar-refractivity contribution in [1.82, 2.24) is 0 Å². The molecule has 1 rings (SSSR count). The molecular weight excluding hydrogens is 176 g/mol. The summed E-state index contributed by atoms with van der Waals surface area (Å²) in [5.74, 6) is 1.61. The molecule has 0 aliphatic heterocycles. The lowest BCUT2D eigenvalue weighted by molar-refractivity contribution is 0.856. The number of hydrogen-bond acceptors (Lipinski definition) is 1. The van der Waals surface area contributed by atoms with Crippen LogP contribution in [-0.4, -0.2) is 5.75 Å². The molecule has 0 unspecified atom stereocenters. The SMILES string of the molecule is CC(C)c1cccc(CCCS)c1. The maximum Gasteiger partial charge on any atom is -0.00947 e. The minimum Gasteiger partial charge on any atom is -0.179 e. The monoisotopic (exact) mass is 194 g/mol. The Balaban J connectivity index is 2.68. The van der Waals surface area contributed by atoms with Gasteiger partial charge in [0.2, 0.25) is 0 Å². The van der Waals surface area contributed by atoms with E-state index in [9.17, 15) is 0 Å². The summed E-state index contributed by atoms with van der Waals surface area (Å²) in [4.78, 5) is 0. The van der Waals surface area contributed by atoms with E-state index >= 15 is 0 Å². The second-order valence-electron chi connectivity index (χ2n) is 3.73. The summed E-state index contributed by atoms with van der Waals surface area (Å²) in [5, 5.41) is 0. The highest BCUT2D eigenvalue weighted by Gasteiger charge is 1.99. The number of rotatable bonds is 4. The third-order valence-corrected chi connectivity index (χ3v) is 2.56. The molecule has 0 N–H and O–H groups in total. The van der Waals surface area contributed by atoms with Gasteiger partial charge in [-0.15, -0.1) is 0 Å². The molecule has 0 amide bonds. The van der Waals surface area contributed by atoms with Crippen LogP contribution in [0.3, 0.4) is 0 Å². The van der Waals surface area contributed by atoms with Crippen molar-refractivity contribution in [1.29, 1.82) is 0 Å². The lowest BCUT2D eigenvalue weighted by Gasteiger charge is -2.07. The van der Waals surface area contributed by atoms with Crippen molar-refractivity contribution in [2.45, 2.75) is 32.6 Å². The van der Waals surface area contributed by atoms with Crippen molar-refractivity contribution in [3.8, 4) is 0 Å². The molecule has 1 aromatic rings. The molecule has 13 heavy (non-hydrogen) atoms. The van der Waals surface area contributed by atoms with E-state index in [0.717, 1.165) is 12.2 Å². The third kappa shape index (κ3) is 3.43. The van der Waals surface area contributed by atoms with Crippen molar-refractivity contribution in [3.63, 3.8) is 0 Å². The predicted octanol–water partition coefficient (Wildman–Crippen LogP) is 3.67. The number of thiol groups is 1. The second kappa shape index (κ2) is 5.33. The highest BCUT2D eigenvalue weighted by atomic mass is 32.1. The van der Waals surface area contributed by atoms with E-state index in [1.807, 2.05) is 0 Å². The first-order chi connectivity index (χ1) is 6.24. The van der Waals surface area contributed by atoms with E-state index in [0.29, 0.717) is 5.92 Å². The van der Waals surface area contributed by atoms with Crippen LogP contribution in [0.25, 0.3) is 0 Å². The van der Waals surface area contributed by atoms with Crippen molar-refractivity contribution in [2.75, 3.05) is 5.75 Å². The number of aryl methyl sites for hydroxylation is 1. The van der Waals surface area contributed by atoms with Gasteiger partial charge in [0.15, 0.2) is 0 Å². The third-order valence-electron chi connectivity index (χ3n) is 2.24. The zero-order valence-corrected chi connectivity index (χ0v) is 9.35. The van der Waals surface area contributed by atoms with E-state index in [2.05, 4.69) is 50.7 Å². The van der Waals surface area contributed by atoms with Crippen LogP contribution in [0, 0.1) is 0 Å². The van der Waals surface area contributed by atoms with Gasteiger partial charge in [0.1, 0.15) is 0 Å². The zero-order chi connectivity index (χ0) is 9.68. The van der Waals surface area contributed by atoms with Crippen LogP contribution in [-0.2, 0) is 6.42 Å². The Morgan fingerprint density at radius 2 is 2.08 bits per heavy atom. The Kier molecular flexibility index (Phi) is 4.37. The normalized spacial score (nSPS) is 10.8. The van der Waals surface area contributed by atoms with E-state index in [1.165, 1.54) is 17.5 Å². The highest BCUT2D eigenvalue weighted by Crippen LogP contribution is 2.16. The van der Waals surface area contributed by atoms with Crippen LogP contribution in [0.1, 0.15) is 37.3 Å². The first-order valence-corrected chi connectivity index (χ1v) is 5.57. The molecule has 0 bridgehead atoms. The Hall–Kier alpha value is -0.430. The highest BCUT2D eigenvalue weighted by molar-refractivity contribution is 7.80. The molecule has 0 aliphatic carbocycles. The fourth-order valence-corrected chi connectivity index (χ4v) is 1.55. The molecule has 0 aromatic heterocycles. The van der Waals surface area contributed by atoms with Crippen LogP contribution in [0.2, 0.25) is 0 Å². The lowest BCUT2D eigenvalue weighted by Crippen LogP contribution is -1.91. The van der Waals surface area contributed by atoms with Crippen LogP contribution in [0.15, 0.2) is 24.3 Å². The Morgan fingerprint density at radius 3 is 2.69 bits per heavy atom. The van der Waals surface area contributed by atoms with E-state index in [4.69, 9.17) is 0 Å². The van der Waals surface area contributed by atoms with Gasteiger partial charge in [-0.2, -0.15) is 12.6 Å². The molecule has 0 nitrogen and oxygen atoms in total. The van der Waals surface area contributed by atoms with Gasteiger partial charge in [-0.1, -0.05) is 38.1 Å². The first kappa shape index (κ1) is 10.6. The molecule has 1 heteroatoms. The fourth-order valence-electron chi connectivity index (χ4n) is 1.39.